The van der Waals surface area contributed by atoms with Gasteiger partial charge in [-0.15, -0.1) is 0 Å². The Morgan fingerprint density at radius 1 is 0.557 bits per heavy atom. The molecule has 3 fully saturated rings. The Hall–Kier alpha value is -7.30. The zero-order chi connectivity index (χ0) is 70.7. The molecular weight excluding hydrogens is 1300 g/mol. The average Bonchev–Trinajstić information content (AvgIpc) is 1.62. The highest BCUT2D eigenvalue weighted by atomic mass is 32.2. The minimum atomic E-state index is -6.38. The van der Waals surface area contributed by atoms with Crippen LogP contribution in [0.25, 0.3) is 0 Å². The second kappa shape index (κ2) is 36.0. The highest BCUT2D eigenvalue weighted by Crippen LogP contribution is 2.59. The van der Waals surface area contributed by atoms with Crippen LogP contribution in [-0.2, 0) is 40.0 Å². The van der Waals surface area contributed by atoms with Gasteiger partial charge in [-0.2, -0.15) is 17.6 Å². The van der Waals surface area contributed by atoms with Gasteiger partial charge in [0.2, 0.25) is 29.1 Å². The van der Waals surface area contributed by atoms with E-state index in [9.17, 15) is 48.5 Å². The number of halogens is 7. The third kappa shape index (κ3) is 20.6. The summed E-state index contributed by atoms with van der Waals surface area (Å²) in [4.78, 5) is 14.6. The number of phenols is 1. The zero-order valence-corrected chi connectivity index (χ0v) is 58.1. The number of rotatable bonds is 26. The smallest absolute Gasteiger partial charge is 0.428 e. The second-order valence-electron chi connectivity index (χ2n) is 24.7. The van der Waals surface area contributed by atoms with Crippen LogP contribution in [0.5, 0.6) is 28.7 Å². The van der Waals surface area contributed by atoms with Gasteiger partial charge in [0, 0.05) is 12.1 Å². The van der Waals surface area contributed by atoms with Crippen molar-refractivity contribution >= 4 is 27.0 Å². The molecule has 10 atom stereocenters. The van der Waals surface area contributed by atoms with Crippen LogP contribution in [0.4, 0.5) is 30.7 Å². The van der Waals surface area contributed by atoms with Crippen LogP contribution >= 0.6 is 0 Å². The van der Waals surface area contributed by atoms with Crippen LogP contribution in [0.1, 0.15) is 152 Å². The standard InChI is InChI=1S/C34H39O3S.C22H32O2.C10H5F7O6S.C10H14O/c1-6-25(2)29-17-19-30(20-18-29)37-28(5)35-21-22-36-34-26(3)23-33(24-27(34)4)38(31-13-9-7-10-14-31)32-15-11-8-12-16-32;1-4-14(2)16-8-10-18(11-9-16)23-15(3)24-22-13-17-12-21(22)20-7-5-6-19(17)20;11-3-4(12)6(14)8(7(15)5(3)13)22-1-2-23-9(18)10(16,17)24(19,20)21;1-3-8(2)9-4-6-10(11)7-5-9/h7-20,23-25,28H,6,21-22H2,1-5H3;8-11,14-15,17,19-22H,4-7,12-13H2,1-3H3;1-2H2,(H,19,20,21);4-8,11H,3H2,1-2H3/q+1;;;/p-1. The number of benzene rings is 7. The second-order valence-corrected chi connectivity index (χ2v) is 28.2. The Bertz CT molecular complexity index is 3630. The number of esters is 1. The van der Waals surface area contributed by atoms with E-state index in [1.165, 1.54) is 69.9 Å². The predicted molar refractivity (Wildman–Crippen MR) is 359 cm³/mol. The summed E-state index contributed by atoms with van der Waals surface area (Å²) >= 11 is 0. The van der Waals surface area contributed by atoms with E-state index >= 15 is 0 Å². The molecular formula is C76H89F7O12S2. The normalized spacial score (nSPS) is 18.5. The first-order valence-electron chi connectivity index (χ1n) is 33.0. The van der Waals surface area contributed by atoms with Gasteiger partial charge in [-0.05, 0) is 203 Å². The third-order valence-electron chi connectivity index (χ3n) is 18.1. The van der Waals surface area contributed by atoms with Crippen LogP contribution < -0.4 is 18.9 Å². The van der Waals surface area contributed by atoms with Crippen LogP contribution in [0, 0.1) is 66.6 Å². The molecule has 0 spiro atoms. The summed E-state index contributed by atoms with van der Waals surface area (Å²) in [5.41, 5.74) is 6.28. The summed E-state index contributed by atoms with van der Waals surface area (Å²) < 4.78 is 158. The zero-order valence-electron chi connectivity index (χ0n) is 56.5. The molecule has 526 valence electrons. The van der Waals surface area contributed by atoms with Gasteiger partial charge in [-0.25, -0.2) is 26.4 Å². The minimum Gasteiger partial charge on any atom is -0.743 e. The number of hydrogen-bond acceptors (Lipinski definition) is 12. The molecule has 3 aliphatic carbocycles. The van der Waals surface area contributed by atoms with Gasteiger partial charge < -0.3 is 42.8 Å². The maximum Gasteiger partial charge on any atom is 0.428 e. The van der Waals surface area contributed by atoms with Crippen molar-refractivity contribution in [3.8, 4) is 28.7 Å². The molecule has 3 saturated carbocycles. The van der Waals surface area contributed by atoms with Gasteiger partial charge in [-0.3, -0.25) is 0 Å². The fourth-order valence-corrected chi connectivity index (χ4v) is 15.0. The van der Waals surface area contributed by atoms with E-state index in [-0.39, 0.29) is 23.5 Å². The van der Waals surface area contributed by atoms with Crippen molar-refractivity contribution in [2.24, 2.45) is 23.7 Å². The van der Waals surface area contributed by atoms with Crippen molar-refractivity contribution in [1.82, 2.24) is 0 Å². The number of fused-ring (bicyclic) bond motifs is 5. The molecule has 1 N–H and O–H groups in total. The molecule has 0 amide bonds. The highest BCUT2D eigenvalue weighted by Gasteiger charge is 2.55. The molecule has 0 saturated heterocycles. The van der Waals surface area contributed by atoms with Gasteiger partial charge in [0.15, 0.2) is 43.1 Å². The molecule has 0 aromatic heterocycles. The van der Waals surface area contributed by atoms with Crippen molar-refractivity contribution in [2.75, 3.05) is 26.4 Å². The summed E-state index contributed by atoms with van der Waals surface area (Å²) in [5.74, 6) is -7.97. The van der Waals surface area contributed by atoms with E-state index < -0.39 is 69.4 Å². The Balaban J connectivity index is 0.000000196. The Morgan fingerprint density at radius 3 is 1.46 bits per heavy atom. The number of phenolic OH excluding ortho intramolecular Hbond substituents is 1. The molecule has 10 unspecified atom stereocenters. The number of alkyl halides is 2. The predicted octanol–water partition coefficient (Wildman–Crippen LogP) is 18.8. The maximum absolute atomic E-state index is 13.1. The summed E-state index contributed by atoms with van der Waals surface area (Å²) in [7, 11) is -6.56. The van der Waals surface area contributed by atoms with Gasteiger partial charge in [0.05, 0.1) is 23.6 Å². The van der Waals surface area contributed by atoms with Crippen molar-refractivity contribution in [3.05, 3.63) is 202 Å². The third-order valence-corrected chi connectivity index (χ3v) is 21.1. The summed E-state index contributed by atoms with van der Waals surface area (Å²) in [5, 5.41) is 3.58. The molecule has 97 heavy (non-hydrogen) atoms. The van der Waals surface area contributed by atoms with Crippen molar-refractivity contribution < 1.29 is 86.8 Å². The molecule has 7 aromatic carbocycles. The molecule has 21 heteroatoms. The molecule has 10 rings (SSSR count). The molecule has 3 aliphatic rings. The van der Waals surface area contributed by atoms with Crippen LogP contribution in [0.3, 0.4) is 0 Å². The van der Waals surface area contributed by atoms with E-state index in [0.29, 0.717) is 42.8 Å². The SMILES string of the molecule is CCC(C)c1ccc(O)cc1.CCC(C)c1ccc(OC(C)OC2CC3CC2C2CCCC32)cc1.CCC(C)c1ccc(OC(C)OCCOc2c(C)cc([S+](c3ccccc3)c3ccccc3)cc2C)cc1.O=C(OCCOc1c(F)c(F)c(F)c(F)c1F)C(F)(F)S(=O)(=O)[O-]. The van der Waals surface area contributed by atoms with E-state index in [4.69, 9.17) is 28.8 Å². The number of aromatic hydroxyl groups is 1. The number of hydrogen-bond donors (Lipinski definition) is 1. The van der Waals surface area contributed by atoms with Gasteiger partial charge >= 0.3 is 11.2 Å². The lowest BCUT2D eigenvalue weighted by atomic mass is 9.80. The maximum atomic E-state index is 13.1. The Morgan fingerprint density at radius 2 is 0.990 bits per heavy atom. The topological polar surface area (TPSA) is 159 Å². The van der Waals surface area contributed by atoms with E-state index in [0.717, 1.165) is 64.9 Å². The van der Waals surface area contributed by atoms with Crippen molar-refractivity contribution in [3.63, 3.8) is 0 Å². The molecule has 7 aromatic rings. The largest absolute Gasteiger partial charge is 0.743 e. The van der Waals surface area contributed by atoms with Gasteiger partial charge in [-0.1, -0.05) is 121 Å². The van der Waals surface area contributed by atoms with Crippen molar-refractivity contribution in [1.29, 1.82) is 0 Å². The Kier molecular flexibility index (Phi) is 28.6. The lowest BCUT2D eigenvalue weighted by molar-refractivity contribution is -0.162. The lowest BCUT2D eigenvalue weighted by Gasteiger charge is -2.33. The number of ether oxygens (including phenoxy) is 7. The first-order valence-corrected chi connectivity index (χ1v) is 35.6. The first kappa shape index (κ1) is 77.1. The van der Waals surface area contributed by atoms with Crippen LogP contribution in [-0.4, -0.2) is 74.4 Å². The Labute approximate surface area is 569 Å². The highest BCUT2D eigenvalue weighted by molar-refractivity contribution is 7.97. The fraction of sp³-hybridized carbons (Fsp3) is 0.434. The first-order chi connectivity index (χ1) is 46.2. The molecule has 0 aliphatic heterocycles. The van der Waals surface area contributed by atoms with E-state index in [2.05, 4.69) is 181 Å². The molecule has 12 nitrogen and oxygen atoms in total. The quantitative estimate of drug-likeness (QED) is 0.00800. The fourth-order valence-electron chi connectivity index (χ4n) is 12.4. The number of carbonyl (C=O) groups is 1. The van der Waals surface area contributed by atoms with E-state index in [1.807, 2.05) is 31.2 Å². The average molecular weight is 1390 g/mol. The monoisotopic (exact) mass is 1390 g/mol. The summed E-state index contributed by atoms with van der Waals surface area (Å²) in [6.07, 6.45) is 10.4. The van der Waals surface area contributed by atoms with Crippen LogP contribution in [0.2, 0.25) is 0 Å². The van der Waals surface area contributed by atoms with Gasteiger partial charge in [0.25, 0.3) is 0 Å². The number of carbonyl (C=O) groups excluding carboxylic acids is 1. The van der Waals surface area contributed by atoms with Crippen molar-refractivity contribution in [2.45, 2.75) is 177 Å². The lowest BCUT2D eigenvalue weighted by Crippen LogP contribution is -2.39. The van der Waals surface area contributed by atoms with Crippen LogP contribution in [0.15, 0.2) is 160 Å². The molecule has 0 heterocycles. The molecule has 0 radical (unpaired) electrons. The molecule has 2 bridgehead atoms. The van der Waals surface area contributed by atoms with E-state index in [1.54, 1.807) is 12.1 Å². The minimum absolute atomic E-state index is 0.149. The summed E-state index contributed by atoms with van der Waals surface area (Å²) in [6.45, 7) is 20.0. The van der Waals surface area contributed by atoms with Gasteiger partial charge in [0.1, 0.15) is 42.8 Å². The number of aryl methyl sites for hydroxylation is 2. The summed E-state index contributed by atoms with van der Waals surface area (Å²) in [6, 6.07) is 50.3.